The Hall–Kier alpha value is -3.15. The second kappa shape index (κ2) is 8.07. The van der Waals surface area contributed by atoms with E-state index in [1.54, 1.807) is 19.2 Å². The lowest BCUT2D eigenvalue weighted by Crippen LogP contribution is -1.98. The number of aliphatic hydroxyl groups is 1. The molecule has 0 saturated carbocycles. The van der Waals surface area contributed by atoms with Crippen molar-refractivity contribution in [1.82, 2.24) is 9.97 Å². The Morgan fingerprint density at radius 3 is 2.72 bits per heavy atom. The smallest absolute Gasteiger partial charge is 0.161 e. The lowest BCUT2D eigenvalue weighted by molar-refractivity contribution is 0.199. The highest BCUT2D eigenvalue weighted by atomic mass is 35.5. The van der Waals surface area contributed by atoms with E-state index in [1.807, 2.05) is 61.5 Å². The second-order valence-electron chi connectivity index (χ2n) is 6.80. The van der Waals surface area contributed by atoms with Crippen molar-refractivity contribution in [1.29, 1.82) is 0 Å². The molecule has 0 spiro atoms. The molecule has 146 valence electrons. The number of hydrogen-bond acceptors (Lipinski definition) is 5. The fourth-order valence-electron chi connectivity index (χ4n) is 3.03. The predicted molar refractivity (Wildman–Crippen MR) is 116 cm³/mol. The Balaban J connectivity index is 1.70. The molecule has 0 aliphatic heterocycles. The summed E-state index contributed by atoms with van der Waals surface area (Å²) in [5, 5.41) is 14.7. The normalized spacial score (nSPS) is 12.0. The number of aryl methyl sites for hydroxylation is 1. The molecule has 2 aromatic heterocycles. The molecule has 4 rings (SSSR count). The summed E-state index contributed by atoms with van der Waals surface area (Å²) >= 11 is 6.24. The molecular formula is C23H20ClN3O2. The Bertz CT molecular complexity index is 1180. The summed E-state index contributed by atoms with van der Waals surface area (Å²) in [6.07, 6.45) is 1.15. The maximum Gasteiger partial charge on any atom is 0.161 e. The number of pyridine rings is 2. The van der Waals surface area contributed by atoms with Gasteiger partial charge in [0.25, 0.3) is 0 Å². The summed E-state index contributed by atoms with van der Waals surface area (Å²) in [6, 6.07) is 18.6. The molecule has 4 aromatic rings. The fourth-order valence-corrected chi connectivity index (χ4v) is 3.20. The van der Waals surface area contributed by atoms with Crippen LogP contribution in [0.3, 0.4) is 0 Å². The topological polar surface area (TPSA) is 67.3 Å². The van der Waals surface area contributed by atoms with Crippen LogP contribution in [-0.4, -0.2) is 15.1 Å². The van der Waals surface area contributed by atoms with Crippen LogP contribution in [0.2, 0.25) is 5.02 Å². The number of nitrogens with zero attached hydrogens (tertiary/aromatic N) is 2. The van der Waals surface area contributed by atoms with E-state index in [2.05, 4.69) is 15.3 Å². The molecule has 0 radical (unpaired) electrons. The zero-order valence-corrected chi connectivity index (χ0v) is 16.8. The summed E-state index contributed by atoms with van der Waals surface area (Å²) in [6.45, 7) is 3.66. The fraction of sp³-hybridized carbons (Fsp3) is 0.130. The minimum absolute atomic E-state index is 0.569. The summed E-state index contributed by atoms with van der Waals surface area (Å²) in [5.74, 6) is 1.24. The molecular weight excluding hydrogens is 386 g/mol. The Morgan fingerprint density at radius 1 is 1.03 bits per heavy atom. The maximum atomic E-state index is 9.82. The Kier molecular flexibility index (Phi) is 5.34. The van der Waals surface area contributed by atoms with Crippen molar-refractivity contribution in [3.63, 3.8) is 0 Å². The first-order chi connectivity index (χ1) is 14.0. The highest BCUT2D eigenvalue weighted by molar-refractivity contribution is 6.31. The average molecular weight is 406 g/mol. The number of fused-ring (bicyclic) bond motifs is 1. The second-order valence-corrected chi connectivity index (χ2v) is 7.23. The molecule has 29 heavy (non-hydrogen) atoms. The highest BCUT2D eigenvalue weighted by Gasteiger charge is 2.11. The third-order valence-corrected chi connectivity index (χ3v) is 4.76. The number of aliphatic hydroxyl groups excluding tert-OH is 1. The average Bonchev–Trinajstić information content (AvgIpc) is 2.70. The lowest BCUT2D eigenvalue weighted by Gasteiger charge is -2.15. The number of aromatic nitrogens is 2. The van der Waals surface area contributed by atoms with Crippen molar-refractivity contribution < 1.29 is 9.84 Å². The molecule has 2 N–H and O–H groups in total. The van der Waals surface area contributed by atoms with Crippen molar-refractivity contribution >= 4 is 34.0 Å². The summed E-state index contributed by atoms with van der Waals surface area (Å²) in [4.78, 5) is 8.83. The molecule has 6 heteroatoms. The van der Waals surface area contributed by atoms with Crippen LogP contribution in [0.4, 0.5) is 11.4 Å². The number of benzene rings is 2. The van der Waals surface area contributed by atoms with E-state index in [-0.39, 0.29) is 0 Å². The highest BCUT2D eigenvalue weighted by Crippen LogP contribution is 2.36. The van der Waals surface area contributed by atoms with Crippen LogP contribution in [0.15, 0.2) is 66.9 Å². The number of halogens is 1. The van der Waals surface area contributed by atoms with Crippen LogP contribution >= 0.6 is 11.6 Å². The van der Waals surface area contributed by atoms with Crippen molar-refractivity contribution in [2.45, 2.75) is 20.0 Å². The van der Waals surface area contributed by atoms with Crippen molar-refractivity contribution in [2.75, 3.05) is 5.32 Å². The SMILES string of the molecule is Cc1ccc2c(Nc3cc(Cl)ccc3Oc3cccc(C(C)O)c3)ccnc2n1. The monoisotopic (exact) mass is 405 g/mol. The quantitative estimate of drug-likeness (QED) is 0.415. The molecule has 1 atom stereocenters. The van der Waals surface area contributed by atoms with Crippen LogP contribution in [0.25, 0.3) is 11.0 Å². The molecule has 0 fully saturated rings. The van der Waals surface area contributed by atoms with Gasteiger partial charge in [0.15, 0.2) is 11.4 Å². The molecule has 0 bridgehead atoms. The minimum Gasteiger partial charge on any atom is -0.455 e. The molecule has 2 heterocycles. The molecule has 1 unspecified atom stereocenters. The van der Waals surface area contributed by atoms with Crippen molar-refractivity contribution in [2.24, 2.45) is 0 Å². The van der Waals surface area contributed by atoms with Gasteiger partial charge in [0.1, 0.15) is 5.75 Å². The van der Waals surface area contributed by atoms with Gasteiger partial charge in [-0.3, -0.25) is 0 Å². The number of hydrogen-bond donors (Lipinski definition) is 2. The maximum absolute atomic E-state index is 9.82. The van der Waals surface area contributed by atoms with Crippen LogP contribution in [0, 0.1) is 6.92 Å². The van der Waals surface area contributed by atoms with E-state index in [1.165, 1.54) is 0 Å². The standard InChI is InChI=1S/C23H20ClN3O2/c1-14-6-8-19-20(10-11-25-23(19)26-14)27-21-13-17(24)7-9-22(21)29-18-5-3-4-16(12-18)15(2)28/h3-13,15,28H,1-2H3,(H,25,26,27). The Labute approximate surface area is 174 Å². The van der Waals surface area contributed by atoms with Gasteiger partial charge in [0.2, 0.25) is 0 Å². The van der Waals surface area contributed by atoms with Gasteiger partial charge in [0, 0.05) is 22.3 Å². The molecule has 0 amide bonds. The zero-order chi connectivity index (χ0) is 20.4. The third-order valence-electron chi connectivity index (χ3n) is 4.52. The van der Waals surface area contributed by atoms with Gasteiger partial charge in [-0.25, -0.2) is 9.97 Å². The first-order valence-corrected chi connectivity index (χ1v) is 9.62. The molecule has 0 aliphatic rings. The van der Waals surface area contributed by atoms with E-state index < -0.39 is 6.10 Å². The van der Waals surface area contributed by atoms with Crippen LogP contribution in [-0.2, 0) is 0 Å². The summed E-state index contributed by atoms with van der Waals surface area (Å²) in [5.41, 5.74) is 3.93. The van der Waals surface area contributed by atoms with Gasteiger partial charge in [-0.15, -0.1) is 0 Å². The van der Waals surface area contributed by atoms with E-state index in [0.29, 0.717) is 27.9 Å². The van der Waals surface area contributed by atoms with E-state index >= 15 is 0 Å². The van der Waals surface area contributed by atoms with Gasteiger partial charge >= 0.3 is 0 Å². The summed E-state index contributed by atoms with van der Waals surface area (Å²) < 4.78 is 6.10. The molecule has 0 aliphatic carbocycles. The number of nitrogens with one attached hydrogen (secondary N) is 1. The first-order valence-electron chi connectivity index (χ1n) is 9.24. The van der Waals surface area contributed by atoms with Gasteiger partial charge < -0.3 is 15.2 Å². The molecule has 0 saturated heterocycles. The predicted octanol–water partition coefficient (Wildman–Crippen LogP) is 6.18. The van der Waals surface area contributed by atoms with Gasteiger partial charge in [-0.1, -0.05) is 23.7 Å². The van der Waals surface area contributed by atoms with E-state index in [0.717, 1.165) is 22.3 Å². The van der Waals surface area contributed by atoms with Crippen molar-refractivity contribution in [3.8, 4) is 11.5 Å². The van der Waals surface area contributed by atoms with Crippen LogP contribution in [0.1, 0.15) is 24.3 Å². The van der Waals surface area contributed by atoms with Crippen LogP contribution < -0.4 is 10.1 Å². The number of anilines is 2. The van der Waals surface area contributed by atoms with Crippen molar-refractivity contribution in [3.05, 3.63) is 83.1 Å². The third kappa shape index (κ3) is 4.31. The number of ether oxygens (including phenoxy) is 1. The summed E-state index contributed by atoms with van der Waals surface area (Å²) in [7, 11) is 0. The van der Waals surface area contributed by atoms with Gasteiger partial charge in [-0.05, 0) is 67.9 Å². The minimum atomic E-state index is -0.569. The van der Waals surface area contributed by atoms with E-state index in [9.17, 15) is 5.11 Å². The number of rotatable bonds is 5. The first kappa shape index (κ1) is 19.2. The van der Waals surface area contributed by atoms with Crippen LogP contribution in [0.5, 0.6) is 11.5 Å². The van der Waals surface area contributed by atoms with E-state index in [4.69, 9.17) is 16.3 Å². The zero-order valence-electron chi connectivity index (χ0n) is 16.1. The Morgan fingerprint density at radius 2 is 1.90 bits per heavy atom. The largest absolute Gasteiger partial charge is 0.455 e. The van der Waals surface area contributed by atoms with Gasteiger partial charge in [-0.2, -0.15) is 0 Å². The lowest BCUT2D eigenvalue weighted by atomic mass is 10.1. The molecule has 5 nitrogen and oxygen atoms in total. The van der Waals surface area contributed by atoms with Gasteiger partial charge in [0.05, 0.1) is 17.5 Å². The molecule has 2 aromatic carbocycles.